The van der Waals surface area contributed by atoms with Gasteiger partial charge in [0.25, 0.3) is 0 Å². The number of hydrogen-bond donors (Lipinski definition) is 1. The molecule has 0 saturated heterocycles. The minimum Gasteiger partial charge on any atom is -0.384 e. The molecule has 1 aromatic carbocycles. The summed E-state index contributed by atoms with van der Waals surface area (Å²) in [6.45, 7) is 2.95. The molecule has 0 aliphatic heterocycles. The largest absolute Gasteiger partial charge is 0.384 e. The number of para-hydroxylation sites is 1. The van der Waals surface area contributed by atoms with Crippen LogP contribution in [-0.4, -0.2) is 21.6 Å². The zero-order valence-electron chi connectivity index (χ0n) is 11.7. The third-order valence-corrected chi connectivity index (χ3v) is 3.99. The zero-order valence-corrected chi connectivity index (χ0v) is 12.6. The molecule has 2 N–H and O–H groups in total. The summed E-state index contributed by atoms with van der Waals surface area (Å²) in [4.78, 5) is 13.3. The Kier molecular flexibility index (Phi) is 4.08. The summed E-state index contributed by atoms with van der Waals surface area (Å²) in [7, 11) is 0. The van der Waals surface area contributed by atoms with E-state index in [1.807, 2.05) is 25.1 Å². The second-order valence-corrected chi connectivity index (χ2v) is 5.70. The highest BCUT2D eigenvalue weighted by molar-refractivity contribution is 7.18. The van der Waals surface area contributed by atoms with Gasteiger partial charge in [0.05, 0.1) is 20.9 Å². The van der Waals surface area contributed by atoms with E-state index in [2.05, 4.69) is 21.0 Å². The normalized spacial score (nSPS) is 11.1. The Morgan fingerprint density at radius 3 is 2.86 bits per heavy atom. The molecule has 0 aliphatic rings. The molecule has 21 heavy (non-hydrogen) atoms. The van der Waals surface area contributed by atoms with Crippen molar-refractivity contribution in [1.29, 1.82) is 0 Å². The number of fused-ring (bicyclic) bond motifs is 1. The van der Waals surface area contributed by atoms with E-state index in [-0.39, 0.29) is 0 Å². The van der Waals surface area contributed by atoms with Crippen molar-refractivity contribution in [2.24, 2.45) is 0 Å². The summed E-state index contributed by atoms with van der Waals surface area (Å²) >= 11 is 1.68. The van der Waals surface area contributed by atoms with Crippen molar-refractivity contribution in [1.82, 2.24) is 15.0 Å². The number of nitrogens with zero attached hydrogens (tertiary/aromatic N) is 3. The number of thiazole rings is 1. The highest BCUT2D eigenvalue weighted by atomic mass is 32.1. The minimum absolute atomic E-state index is 0.383. The average Bonchev–Trinajstić information content (AvgIpc) is 2.86. The summed E-state index contributed by atoms with van der Waals surface area (Å²) < 4.78 is 6.52. The van der Waals surface area contributed by atoms with Crippen LogP contribution >= 0.6 is 11.3 Å². The van der Waals surface area contributed by atoms with Gasteiger partial charge in [0.1, 0.15) is 12.4 Å². The van der Waals surface area contributed by atoms with Gasteiger partial charge in [-0.3, -0.25) is 0 Å². The molecule has 0 spiro atoms. The molecule has 3 rings (SSSR count). The Labute approximate surface area is 126 Å². The van der Waals surface area contributed by atoms with E-state index in [1.165, 1.54) is 4.70 Å². The van der Waals surface area contributed by atoms with Crippen LogP contribution in [0.5, 0.6) is 0 Å². The van der Waals surface area contributed by atoms with Crippen LogP contribution in [-0.2, 0) is 17.8 Å². The van der Waals surface area contributed by atoms with Crippen molar-refractivity contribution >= 4 is 27.4 Å². The smallest absolute Gasteiger partial charge is 0.156 e. The number of nitrogens with two attached hydrogens (primary N) is 1. The van der Waals surface area contributed by atoms with Gasteiger partial charge >= 0.3 is 0 Å². The lowest BCUT2D eigenvalue weighted by Crippen LogP contribution is -2.05. The number of anilines is 1. The predicted molar refractivity (Wildman–Crippen MR) is 84.2 cm³/mol. The molecule has 0 amide bonds. The Morgan fingerprint density at radius 1 is 1.19 bits per heavy atom. The Bertz CT molecular complexity index is 723. The molecule has 2 aromatic heterocycles. The predicted octanol–water partition coefficient (Wildman–Crippen LogP) is 2.80. The molecule has 5 nitrogen and oxygen atoms in total. The first-order valence-corrected chi connectivity index (χ1v) is 7.60. The molecule has 6 heteroatoms. The molecule has 0 atom stereocenters. The lowest BCUT2D eigenvalue weighted by molar-refractivity contribution is 0.128. The van der Waals surface area contributed by atoms with Crippen LogP contribution in [0.4, 0.5) is 5.82 Å². The van der Waals surface area contributed by atoms with Crippen molar-refractivity contribution in [3.8, 4) is 0 Å². The summed E-state index contributed by atoms with van der Waals surface area (Å²) in [5.74, 6) is 1.09. The summed E-state index contributed by atoms with van der Waals surface area (Å²) in [6.07, 6.45) is 0.658. The van der Waals surface area contributed by atoms with E-state index in [1.54, 1.807) is 17.4 Å². The lowest BCUT2D eigenvalue weighted by Gasteiger charge is -2.04. The number of ether oxygens (including phenoxy) is 1. The summed E-state index contributed by atoms with van der Waals surface area (Å²) in [5, 5.41) is 1.02. The third-order valence-electron chi connectivity index (χ3n) is 2.95. The van der Waals surface area contributed by atoms with Gasteiger partial charge in [-0.1, -0.05) is 12.1 Å². The van der Waals surface area contributed by atoms with E-state index in [9.17, 15) is 0 Å². The van der Waals surface area contributed by atoms with Gasteiger partial charge in [-0.25, -0.2) is 15.0 Å². The van der Waals surface area contributed by atoms with Crippen LogP contribution in [0.15, 0.2) is 30.3 Å². The first kappa shape index (κ1) is 13.9. The highest BCUT2D eigenvalue weighted by Gasteiger charge is 2.08. The van der Waals surface area contributed by atoms with Gasteiger partial charge in [0.15, 0.2) is 5.82 Å². The van der Waals surface area contributed by atoms with Gasteiger partial charge in [-0.2, -0.15) is 0 Å². The van der Waals surface area contributed by atoms with Gasteiger partial charge in [-0.05, 0) is 19.1 Å². The average molecular weight is 300 g/mol. The maximum Gasteiger partial charge on any atom is 0.156 e. The fraction of sp³-hybridized carbons (Fsp3) is 0.267. The molecule has 2 heterocycles. The molecule has 3 aromatic rings. The van der Waals surface area contributed by atoms with Crippen molar-refractivity contribution in [3.05, 3.63) is 46.9 Å². The number of hydrogen-bond acceptors (Lipinski definition) is 6. The molecular formula is C15H16N4OS. The van der Waals surface area contributed by atoms with Crippen LogP contribution in [0.25, 0.3) is 10.2 Å². The lowest BCUT2D eigenvalue weighted by atomic mass is 10.3. The molecule has 0 unspecified atom stereocenters. The topological polar surface area (TPSA) is 73.9 Å². The van der Waals surface area contributed by atoms with Crippen molar-refractivity contribution in [2.45, 2.75) is 20.0 Å². The van der Waals surface area contributed by atoms with E-state index in [0.717, 1.165) is 16.2 Å². The first-order chi connectivity index (χ1) is 10.2. The van der Waals surface area contributed by atoms with Crippen molar-refractivity contribution in [2.75, 3.05) is 12.3 Å². The number of nitrogen functional groups attached to an aromatic ring is 1. The molecule has 0 aliphatic carbocycles. The number of benzene rings is 1. The summed E-state index contributed by atoms with van der Waals surface area (Å²) in [5.41, 5.74) is 7.73. The fourth-order valence-electron chi connectivity index (χ4n) is 2.07. The van der Waals surface area contributed by atoms with Crippen LogP contribution < -0.4 is 5.73 Å². The molecule has 0 fully saturated rings. The van der Waals surface area contributed by atoms with E-state index < -0.39 is 0 Å². The monoisotopic (exact) mass is 300 g/mol. The Morgan fingerprint density at radius 2 is 2.05 bits per heavy atom. The van der Waals surface area contributed by atoms with Gasteiger partial charge in [-0.15, -0.1) is 11.3 Å². The number of aromatic nitrogens is 3. The standard InChI is InChI=1S/C15H16N4OS/c1-2-20-9-14-17-10(7-13(16)19-14)8-15-18-11-5-3-4-6-12(11)21-15/h3-7H,2,8-9H2,1H3,(H2,16,17,19). The maximum absolute atomic E-state index is 5.84. The molecule has 0 radical (unpaired) electrons. The third kappa shape index (κ3) is 3.34. The molecule has 0 bridgehead atoms. The number of rotatable bonds is 5. The van der Waals surface area contributed by atoms with E-state index in [0.29, 0.717) is 31.3 Å². The van der Waals surface area contributed by atoms with Crippen LogP contribution in [0.1, 0.15) is 23.4 Å². The van der Waals surface area contributed by atoms with Gasteiger partial charge in [0.2, 0.25) is 0 Å². The molecule has 108 valence electrons. The Balaban J connectivity index is 1.84. The highest BCUT2D eigenvalue weighted by Crippen LogP contribution is 2.23. The van der Waals surface area contributed by atoms with E-state index >= 15 is 0 Å². The molecule has 0 saturated carbocycles. The second-order valence-electron chi connectivity index (χ2n) is 4.59. The second kappa shape index (κ2) is 6.15. The van der Waals surface area contributed by atoms with Crippen LogP contribution in [0.3, 0.4) is 0 Å². The quantitative estimate of drug-likeness (QED) is 0.784. The minimum atomic E-state index is 0.383. The molecular weight excluding hydrogens is 284 g/mol. The summed E-state index contributed by atoms with van der Waals surface area (Å²) in [6, 6.07) is 9.90. The SMILES string of the molecule is CCOCc1nc(N)cc(Cc2nc3ccccc3s2)n1. The Hall–Kier alpha value is -2.05. The van der Waals surface area contributed by atoms with Crippen LogP contribution in [0.2, 0.25) is 0 Å². The zero-order chi connectivity index (χ0) is 14.7. The van der Waals surface area contributed by atoms with Crippen LogP contribution in [0, 0.1) is 0 Å². The van der Waals surface area contributed by atoms with Crippen molar-refractivity contribution < 1.29 is 4.74 Å². The van der Waals surface area contributed by atoms with Crippen molar-refractivity contribution in [3.63, 3.8) is 0 Å². The van der Waals surface area contributed by atoms with E-state index in [4.69, 9.17) is 10.5 Å². The fourth-order valence-corrected chi connectivity index (χ4v) is 3.06. The van der Waals surface area contributed by atoms with Gasteiger partial charge < -0.3 is 10.5 Å². The maximum atomic E-state index is 5.84. The first-order valence-electron chi connectivity index (χ1n) is 6.79. The van der Waals surface area contributed by atoms with Gasteiger partial charge in [0, 0.05) is 19.1 Å².